The van der Waals surface area contributed by atoms with Crippen molar-refractivity contribution in [2.45, 2.75) is 17.0 Å². The Morgan fingerprint density at radius 3 is 2.97 bits per heavy atom. The quantitative estimate of drug-likeness (QED) is 0.629. The van der Waals surface area contributed by atoms with Crippen molar-refractivity contribution >= 4 is 21.6 Å². The minimum absolute atomic E-state index is 0.0954. The van der Waals surface area contributed by atoms with Crippen LogP contribution in [-0.4, -0.2) is 42.8 Å². The highest BCUT2D eigenvalue weighted by atomic mass is 32.2. The molecule has 3 rings (SSSR count). The predicted octanol–water partition coefficient (Wildman–Crippen LogP) is 0.874. The van der Waals surface area contributed by atoms with E-state index < -0.39 is 33.9 Å². The van der Waals surface area contributed by atoms with E-state index in [9.17, 15) is 22.7 Å². The van der Waals surface area contributed by atoms with Gasteiger partial charge in [-0.05, 0) is 18.2 Å². The molecule has 2 heterocycles. The van der Waals surface area contributed by atoms with Crippen molar-refractivity contribution in [1.29, 1.82) is 5.26 Å². The average Bonchev–Trinajstić information content (AvgIpc) is 2.96. The third-order valence-electron chi connectivity index (χ3n) is 4.32. The molecule has 0 bridgehead atoms. The maximum atomic E-state index is 13.5. The summed E-state index contributed by atoms with van der Waals surface area (Å²) in [6.45, 7) is 3.18. The van der Waals surface area contributed by atoms with Crippen molar-refractivity contribution in [3.05, 3.63) is 54.1 Å². The summed E-state index contributed by atoms with van der Waals surface area (Å²) in [5.41, 5.74) is -0.197. The topological polar surface area (TPSA) is 133 Å². The molecule has 0 aliphatic carbocycles. The summed E-state index contributed by atoms with van der Waals surface area (Å²) < 4.78 is 47.9. The third kappa shape index (κ3) is 3.86. The van der Waals surface area contributed by atoms with Crippen molar-refractivity contribution in [2.24, 2.45) is 7.05 Å². The van der Waals surface area contributed by atoms with E-state index in [0.717, 1.165) is 12.1 Å². The number of nitriles is 1. The Morgan fingerprint density at radius 1 is 1.59 bits per heavy atom. The Kier molecular flexibility index (Phi) is 5.43. The van der Waals surface area contributed by atoms with Gasteiger partial charge in [0.1, 0.15) is 23.4 Å². The standard InChI is InChI=1S/C18H17FN4O5S/c1-3-14(24)13-9-28-17-15(29(26,27)22-13)8-23(2)16(17)18(25)21-11-4-5-12(19)10(6-11)7-20/h3-6,8,13-14,22,24H,1,9H2,2H3,(H,21,25)/t13-,14-/m1/s1. The molecule has 1 amide bonds. The van der Waals surface area contributed by atoms with E-state index in [-0.39, 0.29) is 34.2 Å². The molecule has 1 aromatic carbocycles. The fourth-order valence-electron chi connectivity index (χ4n) is 2.85. The number of ether oxygens (including phenoxy) is 1. The molecule has 0 unspecified atom stereocenters. The average molecular weight is 420 g/mol. The number of aliphatic hydroxyl groups is 1. The number of benzene rings is 1. The van der Waals surface area contributed by atoms with Gasteiger partial charge >= 0.3 is 0 Å². The molecule has 152 valence electrons. The number of carbonyl (C=O) groups is 1. The Morgan fingerprint density at radius 2 is 2.31 bits per heavy atom. The second-order valence-electron chi connectivity index (χ2n) is 6.31. The highest BCUT2D eigenvalue weighted by Gasteiger charge is 2.36. The van der Waals surface area contributed by atoms with Crippen molar-refractivity contribution in [3.8, 4) is 11.8 Å². The number of fused-ring (bicyclic) bond motifs is 1. The molecule has 0 spiro atoms. The molecule has 9 nitrogen and oxygen atoms in total. The number of rotatable bonds is 4. The third-order valence-corrected chi connectivity index (χ3v) is 5.80. The van der Waals surface area contributed by atoms with Crippen molar-refractivity contribution < 1.29 is 27.4 Å². The van der Waals surface area contributed by atoms with Crippen LogP contribution in [0.1, 0.15) is 16.1 Å². The zero-order valence-corrected chi connectivity index (χ0v) is 16.0. The highest BCUT2D eigenvalue weighted by Crippen LogP contribution is 2.33. The lowest BCUT2D eigenvalue weighted by Crippen LogP contribution is -2.44. The molecule has 11 heteroatoms. The molecule has 0 saturated carbocycles. The van der Waals surface area contributed by atoms with Crippen LogP contribution in [0.15, 0.2) is 41.9 Å². The number of anilines is 1. The van der Waals surface area contributed by atoms with Gasteiger partial charge in [-0.25, -0.2) is 17.5 Å². The van der Waals surface area contributed by atoms with E-state index in [2.05, 4.69) is 16.6 Å². The molecular formula is C18H17FN4O5S. The molecule has 0 saturated heterocycles. The first kappa shape index (κ1) is 20.5. The number of halogens is 1. The van der Waals surface area contributed by atoms with Gasteiger partial charge in [0.2, 0.25) is 10.0 Å². The van der Waals surface area contributed by atoms with Gasteiger partial charge < -0.3 is 19.7 Å². The molecule has 1 aromatic heterocycles. The maximum absolute atomic E-state index is 13.5. The van der Waals surface area contributed by atoms with E-state index in [1.54, 1.807) is 6.07 Å². The van der Waals surface area contributed by atoms with Crippen LogP contribution in [0.3, 0.4) is 0 Å². The van der Waals surface area contributed by atoms with Gasteiger partial charge in [-0.15, -0.1) is 6.58 Å². The zero-order chi connectivity index (χ0) is 21.3. The second-order valence-corrected chi connectivity index (χ2v) is 7.99. The van der Waals surface area contributed by atoms with Gasteiger partial charge in [-0.2, -0.15) is 5.26 Å². The number of hydrogen-bond donors (Lipinski definition) is 3. The highest BCUT2D eigenvalue weighted by molar-refractivity contribution is 7.89. The molecule has 0 radical (unpaired) electrons. The van der Waals surface area contributed by atoms with Crippen LogP contribution in [0.25, 0.3) is 0 Å². The molecule has 0 fully saturated rings. The summed E-state index contributed by atoms with van der Waals surface area (Å²) in [7, 11) is -2.62. The first-order valence-corrected chi connectivity index (χ1v) is 9.82. The number of aliphatic hydroxyl groups excluding tert-OH is 1. The largest absolute Gasteiger partial charge is 0.488 e. The number of hydrogen-bond acceptors (Lipinski definition) is 6. The Balaban J connectivity index is 1.97. The van der Waals surface area contributed by atoms with Crippen LogP contribution in [0.4, 0.5) is 10.1 Å². The Labute approximate surface area is 166 Å². The van der Waals surface area contributed by atoms with Crippen molar-refractivity contribution in [3.63, 3.8) is 0 Å². The fourth-order valence-corrected chi connectivity index (χ4v) is 4.28. The summed E-state index contributed by atoms with van der Waals surface area (Å²) in [6.07, 6.45) is 1.19. The predicted molar refractivity (Wildman–Crippen MR) is 100 cm³/mol. The van der Waals surface area contributed by atoms with Gasteiger partial charge in [0.25, 0.3) is 5.91 Å². The molecule has 1 aliphatic heterocycles. The SMILES string of the molecule is C=C[C@@H](O)[C@H]1COc2c(cn(C)c2C(=O)Nc2ccc(F)c(C#N)c2)S(=O)(=O)N1. The van der Waals surface area contributed by atoms with Crippen LogP contribution < -0.4 is 14.8 Å². The minimum atomic E-state index is -4.08. The van der Waals surface area contributed by atoms with Crippen molar-refractivity contribution in [1.82, 2.24) is 9.29 Å². The molecule has 29 heavy (non-hydrogen) atoms. The van der Waals surface area contributed by atoms with E-state index in [1.807, 2.05) is 0 Å². The summed E-state index contributed by atoms with van der Waals surface area (Å²) in [6, 6.07) is 4.14. The number of carbonyl (C=O) groups excluding carboxylic acids is 1. The number of amides is 1. The lowest BCUT2D eigenvalue weighted by Gasteiger charge is -2.18. The number of aryl methyl sites for hydroxylation is 1. The van der Waals surface area contributed by atoms with E-state index in [0.29, 0.717) is 0 Å². The minimum Gasteiger partial charge on any atom is -0.488 e. The molecule has 3 N–H and O–H groups in total. The van der Waals surface area contributed by atoms with Gasteiger partial charge in [0.15, 0.2) is 11.4 Å². The van der Waals surface area contributed by atoms with Crippen LogP contribution in [0.5, 0.6) is 5.75 Å². The lowest BCUT2D eigenvalue weighted by molar-refractivity contribution is 0.101. The first-order valence-electron chi connectivity index (χ1n) is 8.34. The first-order chi connectivity index (χ1) is 13.7. The van der Waals surface area contributed by atoms with Gasteiger partial charge in [0.05, 0.1) is 17.7 Å². The van der Waals surface area contributed by atoms with Gasteiger partial charge in [0, 0.05) is 18.9 Å². The summed E-state index contributed by atoms with van der Waals surface area (Å²) in [4.78, 5) is 12.5. The number of sulfonamides is 1. The molecule has 1 aliphatic rings. The zero-order valence-electron chi connectivity index (χ0n) is 15.2. The fraction of sp³-hybridized carbons (Fsp3) is 0.222. The lowest BCUT2D eigenvalue weighted by atomic mass is 10.2. The Hall–Kier alpha value is -3.20. The van der Waals surface area contributed by atoms with Gasteiger partial charge in [-0.1, -0.05) is 6.08 Å². The van der Waals surface area contributed by atoms with E-state index in [1.165, 1.54) is 30.0 Å². The van der Waals surface area contributed by atoms with E-state index >= 15 is 0 Å². The van der Waals surface area contributed by atoms with Crippen molar-refractivity contribution in [2.75, 3.05) is 11.9 Å². The number of nitrogens with zero attached hydrogens (tertiary/aromatic N) is 2. The van der Waals surface area contributed by atoms with Crippen LogP contribution in [-0.2, 0) is 17.1 Å². The van der Waals surface area contributed by atoms with Crippen LogP contribution in [0, 0.1) is 17.1 Å². The summed E-state index contributed by atoms with van der Waals surface area (Å²) >= 11 is 0. The molecular weight excluding hydrogens is 403 g/mol. The van der Waals surface area contributed by atoms with E-state index in [4.69, 9.17) is 10.00 Å². The summed E-state index contributed by atoms with van der Waals surface area (Å²) in [5, 5.41) is 21.3. The molecule has 2 atom stereocenters. The van der Waals surface area contributed by atoms with Crippen LogP contribution in [0.2, 0.25) is 0 Å². The number of nitrogens with one attached hydrogen (secondary N) is 2. The summed E-state index contributed by atoms with van der Waals surface area (Å²) in [5.74, 6) is -1.63. The monoisotopic (exact) mass is 420 g/mol. The van der Waals surface area contributed by atoms with Crippen LogP contribution >= 0.6 is 0 Å². The van der Waals surface area contributed by atoms with Gasteiger partial charge in [-0.3, -0.25) is 4.79 Å². The second kappa shape index (κ2) is 7.67. The Bertz CT molecular complexity index is 1140. The molecule has 2 aromatic rings. The maximum Gasteiger partial charge on any atom is 0.276 e. The normalized spacial score (nSPS) is 18.5. The number of aromatic nitrogens is 1. The smallest absolute Gasteiger partial charge is 0.276 e.